The molecule has 0 bridgehead atoms. The van der Waals surface area contributed by atoms with Gasteiger partial charge in [-0.25, -0.2) is 0 Å². The van der Waals surface area contributed by atoms with Gasteiger partial charge in [0.15, 0.2) is 0 Å². The van der Waals surface area contributed by atoms with E-state index in [1.54, 1.807) is 0 Å². The SMILES string of the molecule is CCCC(C)COc1ccc2c(c1)NC(=O)CC2. The molecule has 18 heavy (non-hydrogen) atoms. The molecule has 0 radical (unpaired) electrons. The van der Waals surface area contributed by atoms with E-state index in [2.05, 4.69) is 25.2 Å². The number of aryl methyl sites for hydroxylation is 1. The topological polar surface area (TPSA) is 38.3 Å². The fraction of sp³-hybridized carbons (Fsp3) is 0.533. The highest BCUT2D eigenvalue weighted by molar-refractivity contribution is 5.94. The van der Waals surface area contributed by atoms with Crippen LogP contribution in [0.1, 0.15) is 38.7 Å². The highest BCUT2D eigenvalue weighted by Gasteiger charge is 2.15. The molecule has 1 N–H and O–H groups in total. The lowest BCUT2D eigenvalue weighted by atomic mass is 10.0. The quantitative estimate of drug-likeness (QED) is 0.866. The van der Waals surface area contributed by atoms with Gasteiger partial charge in [-0.1, -0.05) is 26.3 Å². The van der Waals surface area contributed by atoms with E-state index in [1.807, 2.05) is 12.1 Å². The van der Waals surface area contributed by atoms with Gasteiger partial charge in [0.05, 0.1) is 6.61 Å². The minimum atomic E-state index is 0.0963. The fourth-order valence-corrected chi connectivity index (χ4v) is 2.26. The predicted molar refractivity (Wildman–Crippen MR) is 73.0 cm³/mol. The maximum absolute atomic E-state index is 11.3. The maximum atomic E-state index is 11.3. The van der Waals surface area contributed by atoms with Gasteiger partial charge in [-0.15, -0.1) is 0 Å². The summed E-state index contributed by atoms with van der Waals surface area (Å²) >= 11 is 0. The van der Waals surface area contributed by atoms with Crippen molar-refractivity contribution in [3.05, 3.63) is 23.8 Å². The largest absolute Gasteiger partial charge is 0.493 e. The third kappa shape index (κ3) is 3.25. The molecular formula is C15H21NO2. The maximum Gasteiger partial charge on any atom is 0.224 e. The van der Waals surface area contributed by atoms with E-state index in [0.29, 0.717) is 12.3 Å². The fourth-order valence-electron chi connectivity index (χ4n) is 2.26. The van der Waals surface area contributed by atoms with Crippen LogP contribution in [0.2, 0.25) is 0 Å². The number of ether oxygens (including phenoxy) is 1. The van der Waals surface area contributed by atoms with Crippen LogP contribution in [0.3, 0.4) is 0 Å². The summed E-state index contributed by atoms with van der Waals surface area (Å²) < 4.78 is 5.77. The number of fused-ring (bicyclic) bond motifs is 1. The molecule has 1 aliphatic heterocycles. The van der Waals surface area contributed by atoms with Gasteiger partial charge in [-0.3, -0.25) is 4.79 Å². The lowest BCUT2D eigenvalue weighted by molar-refractivity contribution is -0.116. The van der Waals surface area contributed by atoms with E-state index >= 15 is 0 Å². The van der Waals surface area contributed by atoms with Crippen molar-refractivity contribution in [2.75, 3.05) is 11.9 Å². The summed E-state index contributed by atoms with van der Waals surface area (Å²) in [6.07, 6.45) is 3.78. The van der Waals surface area contributed by atoms with Crippen LogP contribution in [0.15, 0.2) is 18.2 Å². The van der Waals surface area contributed by atoms with E-state index in [4.69, 9.17) is 4.74 Å². The molecule has 1 aromatic rings. The van der Waals surface area contributed by atoms with Gasteiger partial charge in [0.2, 0.25) is 5.91 Å². The van der Waals surface area contributed by atoms with Gasteiger partial charge in [0.1, 0.15) is 5.75 Å². The highest BCUT2D eigenvalue weighted by Crippen LogP contribution is 2.27. The number of hydrogen-bond donors (Lipinski definition) is 1. The molecule has 1 unspecified atom stereocenters. The Hall–Kier alpha value is -1.51. The molecule has 0 saturated carbocycles. The van der Waals surface area contributed by atoms with Gasteiger partial charge in [-0.05, 0) is 30.4 Å². The molecule has 0 aliphatic carbocycles. The Bertz CT molecular complexity index is 429. The van der Waals surface area contributed by atoms with Crippen molar-refractivity contribution in [2.24, 2.45) is 5.92 Å². The van der Waals surface area contributed by atoms with Gasteiger partial charge in [-0.2, -0.15) is 0 Å². The molecule has 0 fully saturated rings. The third-order valence-electron chi connectivity index (χ3n) is 3.29. The Kier molecular flexibility index (Phi) is 4.24. The van der Waals surface area contributed by atoms with Crippen LogP contribution >= 0.6 is 0 Å². The number of carbonyl (C=O) groups is 1. The summed E-state index contributed by atoms with van der Waals surface area (Å²) in [6, 6.07) is 5.98. The zero-order valence-corrected chi connectivity index (χ0v) is 11.2. The summed E-state index contributed by atoms with van der Waals surface area (Å²) in [5.41, 5.74) is 2.11. The predicted octanol–water partition coefficient (Wildman–Crippen LogP) is 3.39. The zero-order chi connectivity index (χ0) is 13.0. The number of benzene rings is 1. The van der Waals surface area contributed by atoms with E-state index in [9.17, 15) is 4.79 Å². The Morgan fingerprint density at radius 2 is 2.22 bits per heavy atom. The molecule has 1 heterocycles. The molecule has 0 saturated heterocycles. The summed E-state index contributed by atoms with van der Waals surface area (Å²) in [5.74, 6) is 1.51. The summed E-state index contributed by atoms with van der Waals surface area (Å²) in [6.45, 7) is 5.12. The highest BCUT2D eigenvalue weighted by atomic mass is 16.5. The molecule has 1 amide bonds. The van der Waals surface area contributed by atoms with Crippen LogP contribution in [0.25, 0.3) is 0 Å². The molecule has 2 rings (SSSR count). The van der Waals surface area contributed by atoms with E-state index in [0.717, 1.165) is 24.5 Å². The van der Waals surface area contributed by atoms with Crippen molar-refractivity contribution >= 4 is 11.6 Å². The minimum absolute atomic E-state index is 0.0963. The molecular weight excluding hydrogens is 226 g/mol. The number of amides is 1. The first-order valence-electron chi connectivity index (χ1n) is 6.74. The number of carbonyl (C=O) groups excluding carboxylic acids is 1. The first-order chi connectivity index (χ1) is 8.69. The van der Waals surface area contributed by atoms with Gasteiger partial charge < -0.3 is 10.1 Å². The second-order valence-corrected chi connectivity index (χ2v) is 5.07. The normalized spacial score (nSPS) is 15.8. The molecule has 1 aromatic carbocycles. The van der Waals surface area contributed by atoms with Crippen LogP contribution < -0.4 is 10.1 Å². The molecule has 1 atom stereocenters. The number of hydrogen-bond acceptors (Lipinski definition) is 2. The summed E-state index contributed by atoms with van der Waals surface area (Å²) in [7, 11) is 0. The molecule has 0 aromatic heterocycles. The minimum Gasteiger partial charge on any atom is -0.493 e. The van der Waals surface area contributed by atoms with Crippen molar-refractivity contribution in [2.45, 2.75) is 39.5 Å². The van der Waals surface area contributed by atoms with Crippen LogP contribution in [-0.4, -0.2) is 12.5 Å². The average molecular weight is 247 g/mol. The van der Waals surface area contributed by atoms with Crippen LogP contribution in [0.4, 0.5) is 5.69 Å². The van der Waals surface area contributed by atoms with Crippen LogP contribution in [0.5, 0.6) is 5.75 Å². The van der Waals surface area contributed by atoms with Crippen molar-refractivity contribution in [3.8, 4) is 5.75 Å². The lowest BCUT2D eigenvalue weighted by Gasteiger charge is -2.18. The number of rotatable bonds is 5. The van der Waals surface area contributed by atoms with E-state index < -0.39 is 0 Å². The molecule has 3 nitrogen and oxygen atoms in total. The Balaban J connectivity index is 1.98. The Morgan fingerprint density at radius 3 is 3.00 bits per heavy atom. The van der Waals surface area contributed by atoms with Crippen molar-refractivity contribution in [1.29, 1.82) is 0 Å². The van der Waals surface area contributed by atoms with Crippen molar-refractivity contribution < 1.29 is 9.53 Å². The van der Waals surface area contributed by atoms with Crippen LogP contribution in [0, 0.1) is 5.92 Å². The Labute approximate surface area is 109 Å². The van der Waals surface area contributed by atoms with Crippen molar-refractivity contribution in [3.63, 3.8) is 0 Å². The number of nitrogens with one attached hydrogen (secondary N) is 1. The second-order valence-electron chi connectivity index (χ2n) is 5.07. The first kappa shape index (κ1) is 12.9. The standard InChI is InChI=1S/C15H21NO2/c1-3-4-11(2)10-18-13-7-5-12-6-8-15(17)16-14(12)9-13/h5,7,9,11H,3-4,6,8,10H2,1-2H3,(H,16,17). The molecule has 1 aliphatic rings. The third-order valence-corrected chi connectivity index (χ3v) is 3.29. The molecule has 0 spiro atoms. The zero-order valence-electron chi connectivity index (χ0n) is 11.2. The van der Waals surface area contributed by atoms with Gasteiger partial charge in [0.25, 0.3) is 0 Å². The monoisotopic (exact) mass is 247 g/mol. The summed E-state index contributed by atoms with van der Waals surface area (Å²) in [4.78, 5) is 11.3. The average Bonchev–Trinajstić information content (AvgIpc) is 2.36. The molecule has 3 heteroatoms. The summed E-state index contributed by atoms with van der Waals surface area (Å²) in [5, 5.41) is 2.89. The van der Waals surface area contributed by atoms with Crippen LogP contribution in [-0.2, 0) is 11.2 Å². The van der Waals surface area contributed by atoms with Gasteiger partial charge in [0, 0.05) is 18.2 Å². The number of anilines is 1. The smallest absolute Gasteiger partial charge is 0.224 e. The Morgan fingerprint density at radius 1 is 1.39 bits per heavy atom. The van der Waals surface area contributed by atoms with E-state index in [-0.39, 0.29) is 5.91 Å². The second kappa shape index (κ2) is 5.89. The lowest BCUT2D eigenvalue weighted by Crippen LogP contribution is -2.19. The van der Waals surface area contributed by atoms with Gasteiger partial charge >= 0.3 is 0 Å². The molecule has 98 valence electrons. The first-order valence-corrected chi connectivity index (χ1v) is 6.74. The van der Waals surface area contributed by atoms with Crippen molar-refractivity contribution in [1.82, 2.24) is 0 Å². The van der Waals surface area contributed by atoms with E-state index in [1.165, 1.54) is 18.4 Å².